The van der Waals surface area contributed by atoms with Gasteiger partial charge in [0.2, 0.25) is 0 Å². The highest BCUT2D eigenvalue weighted by atomic mass is 79.9. The van der Waals surface area contributed by atoms with Crippen molar-refractivity contribution < 1.29 is 14.4 Å². The largest absolute Gasteiger partial charge is 0.333 e. The molecule has 1 fully saturated rings. The Balaban J connectivity index is 2.11. The molecular weight excluding hydrogens is 312 g/mol. The minimum absolute atomic E-state index is 0.356. The summed E-state index contributed by atoms with van der Waals surface area (Å²) in [7, 11) is 1.34. The van der Waals surface area contributed by atoms with Crippen LogP contribution in [0.3, 0.4) is 0 Å². The van der Waals surface area contributed by atoms with E-state index in [1.54, 1.807) is 0 Å². The van der Waals surface area contributed by atoms with Gasteiger partial charge in [-0.3, -0.25) is 19.4 Å². The van der Waals surface area contributed by atoms with E-state index in [-0.39, 0.29) is 0 Å². The molecule has 4 amide bonds. The number of hydrogen-bond acceptors (Lipinski definition) is 3. The monoisotopic (exact) mass is 332 g/mol. The Hall–Kier alpha value is -0.910. The Morgan fingerprint density at radius 2 is 1.37 bits per heavy atom. The quantitative estimate of drug-likeness (QED) is 0.282. The topological polar surface area (TPSA) is 57.7 Å². The van der Waals surface area contributed by atoms with E-state index in [9.17, 15) is 14.4 Å². The van der Waals surface area contributed by atoms with Crippen LogP contribution < -0.4 is 0 Å². The van der Waals surface area contributed by atoms with E-state index in [1.807, 2.05) is 0 Å². The maximum Gasteiger partial charge on any atom is 0.333 e. The van der Waals surface area contributed by atoms with E-state index in [1.165, 1.54) is 32.7 Å². The molecule has 5 nitrogen and oxygen atoms in total. The standard InChI is InChI=1S/C13H21BrN2O3/c1-15-11(17)12(18)16(13(15)19)10-8-6-4-2-3-5-7-9-14/h2-10H2,1H3. The molecule has 19 heavy (non-hydrogen) atoms. The van der Waals surface area contributed by atoms with Gasteiger partial charge in [0.1, 0.15) is 0 Å². The fraction of sp³-hybridized carbons (Fsp3) is 0.769. The summed E-state index contributed by atoms with van der Waals surface area (Å²) in [6.45, 7) is 0.356. The van der Waals surface area contributed by atoms with Crippen molar-refractivity contribution >= 4 is 33.8 Å². The molecule has 0 aromatic carbocycles. The van der Waals surface area contributed by atoms with Gasteiger partial charge in [-0.2, -0.15) is 0 Å². The van der Waals surface area contributed by atoms with Crippen LogP contribution in [0.15, 0.2) is 0 Å². The van der Waals surface area contributed by atoms with Crippen LogP contribution in [0.4, 0.5) is 4.79 Å². The molecule has 0 aromatic rings. The number of alkyl halides is 1. The first-order chi connectivity index (χ1) is 9.09. The molecule has 1 heterocycles. The Morgan fingerprint density at radius 3 is 1.84 bits per heavy atom. The summed E-state index contributed by atoms with van der Waals surface area (Å²) < 4.78 is 0. The first-order valence-corrected chi connectivity index (χ1v) is 7.91. The van der Waals surface area contributed by atoms with Gasteiger partial charge in [-0.1, -0.05) is 48.0 Å². The molecule has 0 aliphatic carbocycles. The smallest absolute Gasteiger partial charge is 0.263 e. The highest BCUT2D eigenvalue weighted by Crippen LogP contribution is 2.13. The Morgan fingerprint density at radius 1 is 0.842 bits per heavy atom. The molecule has 1 saturated heterocycles. The molecule has 0 bridgehead atoms. The summed E-state index contributed by atoms with van der Waals surface area (Å²) in [4.78, 5) is 36.2. The zero-order chi connectivity index (χ0) is 14.3. The summed E-state index contributed by atoms with van der Waals surface area (Å²) in [6, 6.07) is -0.493. The molecular formula is C13H21BrN2O3. The molecule has 0 aromatic heterocycles. The Labute approximate surface area is 122 Å². The van der Waals surface area contributed by atoms with Gasteiger partial charge in [-0.05, 0) is 12.8 Å². The first-order valence-electron chi connectivity index (χ1n) is 6.79. The van der Waals surface area contributed by atoms with Crippen molar-refractivity contribution in [3.8, 4) is 0 Å². The van der Waals surface area contributed by atoms with Gasteiger partial charge in [0, 0.05) is 18.9 Å². The maximum absolute atomic E-state index is 11.6. The van der Waals surface area contributed by atoms with Crippen molar-refractivity contribution in [3.63, 3.8) is 0 Å². The summed E-state index contributed by atoms with van der Waals surface area (Å²) in [5, 5.41) is 1.06. The zero-order valence-electron chi connectivity index (χ0n) is 11.4. The first kappa shape index (κ1) is 16.1. The molecule has 6 heteroatoms. The zero-order valence-corrected chi connectivity index (χ0v) is 12.9. The van der Waals surface area contributed by atoms with Crippen molar-refractivity contribution in [1.29, 1.82) is 0 Å². The third-order valence-corrected chi connectivity index (χ3v) is 3.83. The molecule has 0 atom stereocenters. The van der Waals surface area contributed by atoms with E-state index < -0.39 is 17.8 Å². The number of amides is 4. The second-order valence-corrected chi connectivity index (χ2v) is 5.56. The summed E-state index contributed by atoms with van der Waals surface area (Å²) in [5.74, 6) is -1.41. The lowest BCUT2D eigenvalue weighted by atomic mass is 10.1. The van der Waals surface area contributed by atoms with Gasteiger partial charge in [-0.25, -0.2) is 4.79 Å². The molecule has 108 valence electrons. The lowest BCUT2D eigenvalue weighted by Crippen LogP contribution is -2.32. The third kappa shape index (κ3) is 4.60. The molecule has 0 saturated carbocycles. The van der Waals surface area contributed by atoms with Crippen molar-refractivity contribution in [2.24, 2.45) is 0 Å². The molecule has 1 aliphatic heterocycles. The number of rotatable bonds is 9. The molecule has 0 radical (unpaired) electrons. The summed E-state index contributed by atoms with van der Waals surface area (Å²) in [6.07, 6.45) is 7.75. The average molecular weight is 333 g/mol. The van der Waals surface area contributed by atoms with Gasteiger partial charge < -0.3 is 0 Å². The lowest BCUT2D eigenvalue weighted by molar-refractivity contribution is -0.142. The predicted molar refractivity (Wildman–Crippen MR) is 76.0 cm³/mol. The van der Waals surface area contributed by atoms with Crippen LogP contribution in [0.2, 0.25) is 0 Å². The number of likely N-dealkylation sites (N-methyl/N-ethyl adjacent to an activating group) is 1. The second kappa shape index (κ2) is 8.30. The number of carbonyl (C=O) groups is 3. The SMILES string of the molecule is CN1C(=O)C(=O)N(CCCCCCCCCBr)C1=O. The van der Waals surface area contributed by atoms with E-state index in [4.69, 9.17) is 0 Å². The maximum atomic E-state index is 11.6. The van der Waals surface area contributed by atoms with Crippen molar-refractivity contribution in [2.45, 2.75) is 44.9 Å². The minimum atomic E-state index is -0.722. The molecule has 0 spiro atoms. The fourth-order valence-electron chi connectivity index (χ4n) is 2.06. The molecule has 1 aliphatic rings. The van der Waals surface area contributed by atoms with Gasteiger partial charge in [0.25, 0.3) is 0 Å². The molecule has 0 N–H and O–H groups in total. The Kier molecular flexibility index (Phi) is 7.05. The van der Waals surface area contributed by atoms with Crippen LogP contribution in [-0.4, -0.2) is 46.6 Å². The number of urea groups is 1. The van der Waals surface area contributed by atoms with Crippen LogP contribution in [0.25, 0.3) is 0 Å². The van der Waals surface area contributed by atoms with Crippen molar-refractivity contribution in [1.82, 2.24) is 9.80 Å². The van der Waals surface area contributed by atoms with Gasteiger partial charge in [0.15, 0.2) is 0 Å². The number of unbranched alkanes of at least 4 members (excludes halogenated alkanes) is 6. The van der Waals surface area contributed by atoms with E-state index >= 15 is 0 Å². The number of carbonyl (C=O) groups excluding carboxylic acids is 3. The minimum Gasteiger partial charge on any atom is -0.263 e. The lowest BCUT2D eigenvalue weighted by Gasteiger charge is -2.12. The van der Waals surface area contributed by atoms with E-state index in [2.05, 4.69) is 15.9 Å². The Bertz CT molecular complexity index is 347. The second-order valence-electron chi connectivity index (χ2n) is 4.77. The third-order valence-electron chi connectivity index (χ3n) is 3.27. The fourth-order valence-corrected chi connectivity index (χ4v) is 2.46. The molecule has 1 rings (SSSR count). The van der Waals surface area contributed by atoms with Crippen molar-refractivity contribution in [2.75, 3.05) is 18.9 Å². The highest BCUT2D eigenvalue weighted by Gasteiger charge is 2.41. The highest BCUT2D eigenvalue weighted by molar-refractivity contribution is 9.09. The van der Waals surface area contributed by atoms with Crippen LogP contribution >= 0.6 is 15.9 Å². The van der Waals surface area contributed by atoms with Crippen molar-refractivity contribution in [3.05, 3.63) is 0 Å². The number of halogens is 1. The van der Waals surface area contributed by atoms with Gasteiger partial charge in [0.05, 0.1) is 0 Å². The van der Waals surface area contributed by atoms with Gasteiger partial charge in [-0.15, -0.1) is 0 Å². The van der Waals surface area contributed by atoms with Gasteiger partial charge >= 0.3 is 17.8 Å². The van der Waals surface area contributed by atoms with Crippen LogP contribution in [0.5, 0.6) is 0 Å². The van der Waals surface area contributed by atoms with E-state index in [0.717, 1.165) is 34.4 Å². The normalized spacial score (nSPS) is 15.8. The summed E-state index contributed by atoms with van der Waals surface area (Å²) >= 11 is 3.40. The molecule has 0 unspecified atom stereocenters. The van der Waals surface area contributed by atoms with Crippen LogP contribution in [0.1, 0.15) is 44.9 Å². The van der Waals surface area contributed by atoms with Crippen LogP contribution in [-0.2, 0) is 9.59 Å². The van der Waals surface area contributed by atoms with Crippen LogP contribution in [0, 0.1) is 0 Å². The number of nitrogens with zero attached hydrogens (tertiary/aromatic N) is 2. The average Bonchev–Trinajstić information content (AvgIpc) is 2.59. The number of imide groups is 2. The number of hydrogen-bond donors (Lipinski definition) is 0. The predicted octanol–water partition coefficient (Wildman–Crippen LogP) is 2.53. The van der Waals surface area contributed by atoms with E-state index in [0.29, 0.717) is 6.54 Å². The summed E-state index contributed by atoms with van der Waals surface area (Å²) in [5.41, 5.74) is 0.